The Morgan fingerprint density at radius 2 is 1.78 bits per heavy atom. The van der Waals surface area contributed by atoms with Gasteiger partial charge in [0.15, 0.2) is 5.82 Å². The Hall–Kier alpha value is -4.19. The van der Waals surface area contributed by atoms with E-state index in [9.17, 15) is 8.78 Å². The summed E-state index contributed by atoms with van der Waals surface area (Å²) in [5, 5.41) is 7.80. The summed E-state index contributed by atoms with van der Waals surface area (Å²) in [7, 11) is 1.82. The lowest BCUT2D eigenvalue weighted by molar-refractivity contribution is 0.00601. The monoisotopic (exact) mass is 504 g/mol. The lowest BCUT2D eigenvalue weighted by Crippen LogP contribution is -2.59. The second-order valence-electron chi connectivity index (χ2n) is 9.43. The van der Waals surface area contributed by atoms with E-state index in [1.165, 1.54) is 0 Å². The van der Waals surface area contributed by atoms with E-state index in [0.29, 0.717) is 31.4 Å². The Bertz CT molecular complexity index is 1400. The van der Waals surface area contributed by atoms with E-state index < -0.39 is 5.92 Å². The Balaban J connectivity index is 1.09. The summed E-state index contributed by atoms with van der Waals surface area (Å²) in [4.78, 5) is 21.3. The zero-order valence-corrected chi connectivity index (χ0v) is 20.2. The standard InChI is InChI=1S/C25H26F2N10/c1-35-24(31-18-5-2-16(3-6-18)20-8-10-29-23(28)32-20)33-22(34-35)17-4-7-21(30-12-17)37-13-19(14-37)36-11-9-25(26,27)15-36/h2-8,10,12,19H,9,11,13-15H2,1H3,(H2,28,29,32)(H,31,33,34). The van der Waals surface area contributed by atoms with Gasteiger partial charge < -0.3 is 16.0 Å². The quantitative estimate of drug-likeness (QED) is 0.409. The van der Waals surface area contributed by atoms with Gasteiger partial charge in [-0.1, -0.05) is 12.1 Å². The molecule has 4 aromatic rings. The second-order valence-corrected chi connectivity index (χ2v) is 9.43. The van der Waals surface area contributed by atoms with Gasteiger partial charge in [0.1, 0.15) is 5.82 Å². The van der Waals surface area contributed by atoms with Crippen LogP contribution in [-0.4, -0.2) is 72.8 Å². The van der Waals surface area contributed by atoms with Gasteiger partial charge in [-0.2, -0.15) is 4.98 Å². The number of nitrogens with two attached hydrogens (primary N) is 1. The number of nitrogen functional groups attached to an aromatic ring is 1. The first kappa shape index (κ1) is 23.2. The maximum atomic E-state index is 13.5. The SMILES string of the molecule is Cn1nc(-c2ccc(N3CC(N4CCC(F)(F)C4)C3)nc2)nc1Nc1ccc(-c2ccnc(N)n2)cc1. The zero-order chi connectivity index (χ0) is 25.6. The summed E-state index contributed by atoms with van der Waals surface area (Å²) >= 11 is 0. The van der Waals surface area contributed by atoms with Gasteiger partial charge in [0.05, 0.1) is 12.2 Å². The molecule has 0 unspecified atom stereocenters. The van der Waals surface area contributed by atoms with E-state index in [1.807, 2.05) is 54.4 Å². The molecule has 0 amide bonds. The first-order chi connectivity index (χ1) is 17.8. The van der Waals surface area contributed by atoms with Crippen LogP contribution in [0.15, 0.2) is 54.9 Å². The third kappa shape index (κ3) is 4.79. The minimum Gasteiger partial charge on any atom is -0.368 e. The van der Waals surface area contributed by atoms with Gasteiger partial charge in [0.2, 0.25) is 11.9 Å². The molecule has 37 heavy (non-hydrogen) atoms. The average Bonchev–Trinajstić information content (AvgIpc) is 3.40. The van der Waals surface area contributed by atoms with Crippen LogP contribution in [0.25, 0.3) is 22.6 Å². The molecule has 0 aliphatic carbocycles. The van der Waals surface area contributed by atoms with Crippen LogP contribution in [-0.2, 0) is 7.05 Å². The van der Waals surface area contributed by atoms with Crippen molar-refractivity contribution in [2.45, 2.75) is 18.4 Å². The van der Waals surface area contributed by atoms with Crippen molar-refractivity contribution in [3.63, 3.8) is 0 Å². The molecule has 3 aromatic heterocycles. The number of hydrogen-bond acceptors (Lipinski definition) is 9. The Labute approximate surface area is 212 Å². The van der Waals surface area contributed by atoms with Crippen molar-refractivity contribution in [2.24, 2.45) is 7.05 Å². The molecule has 0 radical (unpaired) electrons. The molecule has 0 atom stereocenters. The highest BCUT2D eigenvalue weighted by Gasteiger charge is 2.44. The molecule has 0 spiro atoms. The van der Waals surface area contributed by atoms with Crippen LogP contribution in [0.2, 0.25) is 0 Å². The number of aromatic nitrogens is 6. The molecule has 2 aliphatic heterocycles. The molecule has 12 heteroatoms. The van der Waals surface area contributed by atoms with Crippen molar-refractivity contribution < 1.29 is 8.78 Å². The van der Waals surface area contributed by atoms with Crippen LogP contribution in [0.1, 0.15) is 6.42 Å². The highest BCUT2D eigenvalue weighted by molar-refractivity contribution is 5.66. The van der Waals surface area contributed by atoms with Gasteiger partial charge in [0.25, 0.3) is 5.92 Å². The third-order valence-corrected chi connectivity index (χ3v) is 6.78. The fourth-order valence-electron chi connectivity index (χ4n) is 4.66. The zero-order valence-electron chi connectivity index (χ0n) is 20.2. The van der Waals surface area contributed by atoms with Crippen LogP contribution in [0.5, 0.6) is 0 Å². The van der Waals surface area contributed by atoms with Crippen molar-refractivity contribution >= 4 is 23.4 Å². The van der Waals surface area contributed by atoms with Crippen molar-refractivity contribution in [1.82, 2.24) is 34.6 Å². The highest BCUT2D eigenvalue weighted by Crippen LogP contribution is 2.32. The molecule has 2 aliphatic rings. The van der Waals surface area contributed by atoms with E-state index in [1.54, 1.807) is 17.1 Å². The van der Waals surface area contributed by atoms with Crippen molar-refractivity contribution in [1.29, 1.82) is 0 Å². The molecule has 2 saturated heterocycles. The summed E-state index contributed by atoms with van der Waals surface area (Å²) < 4.78 is 28.7. The maximum Gasteiger partial charge on any atom is 0.261 e. The van der Waals surface area contributed by atoms with E-state index in [-0.39, 0.29) is 25.0 Å². The van der Waals surface area contributed by atoms with Crippen LogP contribution in [0.4, 0.5) is 32.2 Å². The molecule has 0 saturated carbocycles. The lowest BCUT2D eigenvalue weighted by atomic mass is 10.1. The molecular weight excluding hydrogens is 478 g/mol. The number of nitrogens with one attached hydrogen (secondary N) is 1. The molecule has 0 bridgehead atoms. The molecule has 3 N–H and O–H groups in total. The fraction of sp³-hybridized carbons (Fsp3) is 0.320. The van der Waals surface area contributed by atoms with Crippen molar-refractivity contribution in [3.8, 4) is 22.6 Å². The van der Waals surface area contributed by atoms with Crippen LogP contribution < -0.4 is 16.0 Å². The fourth-order valence-corrected chi connectivity index (χ4v) is 4.66. The van der Waals surface area contributed by atoms with E-state index in [0.717, 1.165) is 28.3 Å². The summed E-state index contributed by atoms with van der Waals surface area (Å²) in [6.45, 7) is 1.74. The molecule has 5 heterocycles. The Morgan fingerprint density at radius 1 is 1.00 bits per heavy atom. The van der Waals surface area contributed by atoms with Gasteiger partial charge in [-0.05, 0) is 30.3 Å². The lowest BCUT2D eigenvalue weighted by Gasteiger charge is -2.44. The number of benzene rings is 1. The number of hydrogen-bond donors (Lipinski definition) is 2. The minimum absolute atomic E-state index is 0.0473. The number of pyridine rings is 1. The Kier molecular flexibility index (Phi) is 5.67. The van der Waals surface area contributed by atoms with Crippen LogP contribution in [0, 0.1) is 0 Å². The highest BCUT2D eigenvalue weighted by atomic mass is 19.3. The van der Waals surface area contributed by atoms with E-state index in [2.05, 4.69) is 35.3 Å². The third-order valence-electron chi connectivity index (χ3n) is 6.78. The topological polar surface area (TPSA) is 114 Å². The largest absolute Gasteiger partial charge is 0.368 e. The molecule has 190 valence electrons. The number of halogens is 2. The number of anilines is 4. The van der Waals surface area contributed by atoms with Gasteiger partial charge in [-0.25, -0.2) is 28.4 Å². The van der Waals surface area contributed by atoms with Gasteiger partial charge >= 0.3 is 0 Å². The number of aryl methyl sites for hydroxylation is 1. The minimum atomic E-state index is -2.56. The summed E-state index contributed by atoms with van der Waals surface area (Å²) in [5.41, 5.74) is 9.00. The maximum absolute atomic E-state index is 13.5. The van der Waals surface area contributed by atoms with Gasteiger partial charge in [-0.3, -0.25) is 4.90 Å². The number of likely N-dealkylation sites (tertiary alicyclic amines) is 1. The number of alkyl halides is 2. The molecule has 6 rings (SSSR count). The molecule has 10 nitrogen and oxygen atoms in total. The summed E-state index contributed by atoms with van der Waals surface area (Å²) in [6.07, 6.45) is 3.33. The molecule has 2 fully saturated rings. The van der Waals surface area contributed by atoms with Crippen LogP contribution in [0.3, 0.4) is 0 Å². The first-order valence-electron chi connectivity index (χ1n) is 12.0. The predicted octanol–water partition coefficient (Wildman–Crippen LogP) is 3.19. The number of nitrogens with zero attached hydrogens (tertiary/aromatic N) is 8. The first-order valence-corrected chi connectivity index (χ1v) is 12.0. The van der Waals surface area contributed by atoms with Gasteiger partial charge in [-0.15, -0.1) is 5.10 Å². The smallest absolute Gasteiger partial charge is 0.261 e. The summed E-state index contributed by atoms with van der Waals surface area (Å²) in [5.74, 6) is -0.355. The van der Waals surface area contributed by atoms with Crippen molar-refractivity contribution in [3.05, 3.63) is 54.9 Å². The van der Waals surface area contributed by atoms with Gasteiger partial charge in [0, 0.05) is 68.4 Å². The summed E-state index contributed by atoms with van der Waals surface area (Å²) in [6, 6.07) is 13.6. The average molecular weight is 505 g/mol. The predicted molar refractivity (Wildman–Crippen MR) is 137 cm³/mol. The normalized spacial score (nSPS) is 17.6. The Morgan fingerprint density at radius 3 is 2.46 bits per heavy atom. The molecular formula is C25H26F2N10. The van der Waals surface area contributed by atoms with Crippen LogP contribution >= 0.6 is 0 Å². The van der Waals surface area contributed by atoms with E-state index >= 15 is 0 Å². The number of rotatable bonds is 6. The van der Waals surface area contributed by atoms with Crippen molar-refractivity contribution in [2.75, 3.05) is 42.1 Å². The van der Waals surface area contributed by atoms with E-state index in [4.69, 9.17) is 5.73 Å². The second kappa shape index (κ2) is 9.04. The molecule has 1 aromatic carbocycles.